The summed E-state index contributed by atoms with van der Waals surface area (Å²) in [4.78, 5) is 97.0. The number of ether oxygens (including phenoxy) is 4. The molecule has 3 rings (SSSR count). The first-order chi connectivity index (χ1) is 24.6. The van der Waals surface area contributed by atoms with Crippen molar-refractivity contribution < 1.29 is 47.7 Å². The topological polar surface area (TPSA) is 183 Å². The van der Waals surface area contributed by atoms with Gasteiger partial charge in [-0.15, -0.1) is 0 Å². The third-order valence-corrected chi connectivity index (χ3v) is 12.1. The molecule has 2 atom stereocenters. The van der Waals surface area contributed by atoms with Crippen molar-refractivity contribution in [2.75, 3.05) is 26.2 Å². The van der Waals surface area contributed by atoms with Gasteiger partial charge in [0.2, 0.25) is 0 Å². The van der Waals surface area contributed by atoms with Gasteiger partial charge in [0.25, 0.3) is 10.5 Å². The van der Waals surface area contributed by atoms with Crippen LogP contribution in [0.3, 0.4) is 0 Å². The molecule has 17 heteroatoms. The fourth-order valence-electron chi connectivity index (χ4n) is 4.92. The third-order valence-electron chi connectivity index (χ3n) is 6.62. The van der Waals surface area contributed by atoms with Gasteiger partial charge in [-0.1, -0.05) is 26.1 Å². The summed E-state index contributed by atoms with van der Waals surface area (Å²) in [5, 5.41) is 2.20. The summed E-state index contributed by atoms with van der Waals surface area (Å²) >= 11 is 0. The zero-order valence-corrected chi connectivity index (χ0v) is 34.8. The highest BCUT2D eigenvalue weighted by Gasteiger charge is 2.44. The van der Waals surface area contributed by atoms with Crippen LogP contribution in [0.2, 0.25) is 0 Å². The number of aromatic nitrogens is 1. The van der Waals surface area contributed by atoms with Gasteiger partial charge in [0, 0.05) is 12.4 Å². The Morgan fingerprint density at radius 1 is 0.519 bits per heavy atom. The summed E-state index contributed by atoms with van der Waals surface area (Å²) in [7, 11) is -5.88. The molecule has 54 heavy (non-hydrogen) atoms. The number of amides is 2. The number of aliphatic imine (C=N–C) groups is 2. The van der Waals surface area contributed by atoms with Gasteiger partial charge in [0.15, 0.2) is 0 Å². The maximum atomic E-state index is 14.6. The summed E-state index contributed by atoms with van der Waals surface area (Å²) in [6, 6.07) is 4.79. The first kappa shape index (κ1) is 43.9. The lowest BCUT2D eigenvalue weighted by Crippen LogP contribution is -2.44. The zero-order chi connectivity index (χ0) is 40.9. The molecule has 3 heterocycles. The van der Waals surface area contributed by atoms with Crippen molar-refractivity contribution in [1.82, 2.24) is 14.8 Å². The average Bonchev–Trinajstić information content (AvgIpc) is 3.68. The maximum Gasteiger partial charge on any atom is 0.326 e. The van der Waals surface area contributed by atoms with Crippen LogP contribution in [0, 0.1) is 0 Å². The lowest BCUT2D eigenvalue weighted by molar-refractivity contribution is -0.160. The van der Waals surface area contributed by atoms with Crippen molar-refractivity contribution in [3.05, 3.63) is 41.4 Å². The highest BCUT2D eigenvalue weighted by Crippen LogP contribution is 2.62. The molecule has 0 radical (unpaired) electrons. The van der Waals surface area contributed by atoms with E-state index in [0.29, 0.717) is 0 Å². The summed E-state index contributed by atoms with van der Waals surface area (Å²) in [6.45, 7) is 17.9. The van der Waals surface area contributed by atoms with Crippen molar-refractivity contribution >= 4 is 65.5 Å². The van der Waals surface area contributed by atoms with Crippen LogP contribution in [0.25, 0.3) is 0 Å². The fraction of sp³-hybridized carbons (Fsp3) is 0.541. The fourth-order valence-corrected chi connectivity index (χ4v) is 9.65. The number of hydrogen-bond acceptors (Lipinski definition) is 13. The van der Waals surface area contributed by atoms with E-state index in [1.165, 1.54) is 23.5 Å². The molecule has 2 aliphatic rings. The largest absolute Gasteiger partial charge is 0.459 e. The molecule has 15 nitrogen and oxygen atoms in total. The highest BCUT2D eigenvalue weighted by atomic mass is 32.3. The molecule has 2 amide bonds. The molecule has 0 bridgehead atoms. The molecule has 0 N–H and O–H groups in total. The second kappa shape index (κ2) is 16.5. The predicted octanol–water partition coefficient (Wildman–Crippen LogP) is 6.65. The Labute approximate surface area is 320 Å². The monoisotopic (exact) mass is 791 g/mol. The normalized spacial score (nSPS) is 21.7. The van der Waals surface area contributed by atoms with Gasteiger partial charge in [-0.2, -0.15) is 0 Å². The molecule has 2 aliphatic heterocycles. The smallest absolute Gasteiger partial charge is 0.326 e. The Hall–Kier alpha value is -4.51. The molecular weight excluding hydrogens is 739 g/mol. The van der Waals surface area contributed by atoms with Gasteiger partial charge in [0.05, 0.1) is 21.1 Å². The first-order valence-electron chi connectivity index (χ1n) is 17.1. The molecule has 0 aromatic carbocycles. The minimum Gasteiger partial charge on any atom is -0.459 e. The van der Waals surface area contributed by atoms with E-state index < -0.39 is 103 Å². The number of pyridine rings is 1. The SMILES string of the molecule is CC(C)(C)OC(=O)CN(CC(=O)OC(C)(C)C)C(=O)S1(c2cccc(S3(C(=O)N(CC(=O)OC(C)(C)C)CC(=O)OC(C)(C)C)C=CN=C3)n2)C=CN=C1. The molecule has 0 saturated heterocycles. The third kappa shape index (κ3) is 12.3. The Morgan fingerprint density at radius 2 is 0.796 bits per heavy atom. The van der Waals surface area contributed by atoms with E-state index in [1.807, 2.05) is 0 Å². The number of esters is 4. The summed E-state index contributed by atoms with van der Waals surface area (Å²) < 4.78 is 22.0. The Balaban J connectivity index is 2.11. The van der Waals surface area contributed by atoms with E-state index in [1.54, 1.807) is 112 Å². The van der Waals surface area contributed by atoms with Crippen molar-refractivity contribution in [3.63, 3.8) is 0 Å². The van der Waals surface area contributed by atoms with Crippen LogP contribution < -0.4 is 0 Å². The minimum absolute atomic E-state index is 0.195. The van der Waals surface area contributed by atoms with Crippen molar-refractivity contribution in [1.29, 1.82) is 0 Å². The van der Waals surface area contributed by atoms with E-state index in [9.17, 15) is 28.8 Å². The van der Waals surface area contributed by atoms with E-state index in [4.69, 9.17) is 23.9 Å². The number of carbonyl (C=O) groups is 6. The molecule has 0 saturated carbocycles. The molecule has 298 valence electrons. The van der Waals surface area contributed by atoms with Crippen LogP contribution >= 0.6 is 20.1 Å². The summed E-state index contributed by atoms with van der Waals surface area (Å²) in [5.41, 5.74) is -0.639. The zero-order valence-electron chi connectivity index (χ0n) is 33.2. The summed E-state index contributed by atoms with van der Waals surface area (Å²) in [5.74, 6) is -2.98. The average molecular weight is 792 g/mol. The van der Waals surface area contributed by atoms with Crippen LogP contribution in [0.5, 0.6) is 0 Å². The lowest BCUT2D eigenvalue weighted by Gasteiger charge is -2.37. The van der Waals surface area contributed by atoms with Crippen molar-refractivity contribution in [3.8, 4) is 0 Å². The molecular formula is C37H53N5O10S2. The second-order valence-electron chi connectivity index (χ2n) is 16.4. The van der Waals surface area contributed by atoms with Crippen LogP contribution in [0.15, 0.2) is 61.5 Å². The minimum atomic E-state index is -2.94. The highest BCUT2D eigenvalue weighted by molar-refractivity contribution is 8.57. The van der Waals surface area contributed by atoms with Crippen molar-refractivity contribution in [2.45, 2.75) is 116 Å². The molecule has 2 unspecified atom stereocenters. The Bertz CT molecular complexity index is 1550. The van der Waals surface area contributed by atoms with Crippen LogP contribution in [-0.2, 0) is 38.1 Å². The second-order valence-corrected chi connectivity index (χ2v) is 21.7. The number of rotatable bonds is 10. The van der Waals surface area contributed by atoms with Gasteiger partial charge in [-0.25, -0.2) is 4.98 Å². The molecule has 1 aromatic heterocycles. The molecule has 0 spiro atoms. The Kier molecular flexibility index (Phi) is 13.4. The number of nitrogens with zero attached hydrogens (tertiary/aromatic N) is 5. The molecule has 0 aliphatic carbocycles. The maximum absolute atomic E-state index is 14.6. The Morgan fingerprint density at radius 3 is 1.02 bits per heavy atom. The van der Waals surface area contributed by atoms with Gasteiger partial charge in [-0.3, -0.25) is 38.8 Å². The standard InChI is InChI=1S/C37H53N5O10S2/c1-34(2,3)49-28(43)20-41(21-29(44)50-35(4,5)6)32(47)53(18-16-38-24-53)26-14-13-15-27(40-26)54(19-17-39-25-54)33(48)42(22-30(45)51-36(7,8)9)23-31(46)52-37(10,11)12/h13-19,24-25H,20-23H2,1-12H3. The lowest BCUT2D eigenvalue weighted by atomic mass is 10.2. The van der Waals surface area contributed by atoms with Gasteiger partial charge < -0.3 is 28.7 Å². The van der Waals surface area contributed by atoms with Gasteiger partial charge in [0.1, 0.15) is 48.6 Å². The van der Waals surface area contributed by atoms with Crippen LogP contribution in [0.1, 0.15) is 83.1 Å². The van der Waals surface area contributed by atoms with Gasteiger partial charge >= 0.3 is 23.9 Å². The van der Waals surface area contributed by atoms with E-state index >= 15 is 0 Å². The number of hydrogen-bond donors (Lipinski definition) is 0. The van der Waals surface area contributed by atoms with E-state index in [2.05, 4.69) is 9.98 Å². The first-order valence-corrected chi connectivity index (χ1v) is 20.7. The van der Waals surface area contributed by atoms with Crippen molar-refractivity contribution in [2.24, 2.45) is 9.98 Å². The molecule has 0 fully saturated rings. The molecule has 1 aromatic rings. The number of carbonyl (C=O) groups excluding carboxylic acids is 6. The van der Waals surface area contributed by atoms with Gasteiger partial charge in [-0.05, 0) is 106 Å². The summed E-state index contributed by atoms with van der Waals surface area (Å²) in [6.07, 6.45) is 2.85. The van der Waals surface area contributed by atoms with Crippen LogP contribution in [-0.4, -0.2) is 109 Å². The quantitative estimate of drug-likeness (QED) is 0.183. The van der Waals surface area contributed by atoms with E-state index in [-0.39, 0.29) is 10.1 Å². The van der Waals surface area contributed by atoms with Crippen LogP contribution in [0.4, 0.5) is 9.59 Å². The van der Waals surface area contributed by atoms with E-state index in [0.717, 1.165) is 9.80 Å². The predicted molar refractivity (Wildman–Crippen MR) is 209 cm³/mol.